The monoisotopic (exact) mass is 445 g/mol. The van der Waals surface area contributed by atoms with Gasteiger partial charge in [0.25, 0.3) is 0 Å². The fraction of sp³-hybridized carbons (Fsp3) is 0.150. The maximum absolute atomic E-state index is 5.23. The first-order valence-electron chi connectivity index (χ1n) is 7.96. The molecule has 25 heavy (non-hydrogen) atoms. The lowest BCUT2D eigenvalue weighted by Crippen LogP contribution is -2.00. The van der Waals surface area contributed by atoms with Crippen LogP contribution in [0.5, 0.6) is 5.75 Å². The molecule has 0 aliphatic heterocycles. The Morgan fingerprint density at radius 2 is 1.72 bits per heavy atom. The average Bonchev–Trinajstić information content (AvgIpc) is 2.90. The summed E-state index contributed by atoms with van der Waals surface area (Å²) in [6, 6.07) is 18.3. The second kappa shape index (κ2) is 7.74. The van der Waals surface area contributed by atoms with Gasteiger partial charge >= 0.3 is 0 Å². The molecule has 3 aromatic rings. The molecular formula is C20H20IN3O. The Bertz CT molecular complexity index is 881. The lowest BCUT2D eigenvalue weighted by Gasteiger charge is -2.10. The molecule has 0 saturated carbocycles. The molecule has 0 bridgehead atoms. The van der Waals surface area contributed by atoms with Crippen LogP contribution in [0.2, 0.25) is 0 Å². The normalized spacial score (nSPS) is 11.0. The highest BCUT2D eigenvalue weighted by atomic mass is 127. The lowest BCUT2D eigenvalue weighted by molar-refractivity contribution is 0.414. The number of methoxy groups -OCH3 is 1. The highest BCUT2D eigenvalue weighted by Crippen LogP contribution is 2.22. The van der Waals surface area contributed by atoms with Crippen LogP contribution in [0, 0.1) is 17.4 Å². The molecule has 0 unspecified atom stereocenters. The molecule has 2 aromatic carbocycles. The largest absolute Gasteiger partial charge is 0.497 e. The third-order valence-electron chi connectivity index (χ3n) is 4.04. The van der Waals surface area contributed by atoms with Gasteiger partial charge in [0.1, 0.15) is 5.75 Å². The minimum Gasteiger partial charge on any atom is -0.497 e. The van der Waals surface area contributed by atoms with Crippen molar-refractivity contribution in [2.24, 2.45) is 5.10 Å². The summed E-state index contributed by atoms with van der Waals surface area (Å²) in [5.74, 6) is 0.856. The Morgan fingerprint density at radius 1 is 1.04 bits per heavy atom. The molecule has 4 nitrogen and oxygen atoms in total. The summed E-state index contributed by atoms with van der Waals surface area (Å²) in [6.45, 7) is 4.20. The van der Waals surface area contributed by atoms with Gasteiger partial charge in [-0.15, -0.1) is 0 Å². The zero-order valence-electron chi connectivity index (χ0n) is 14.5. The molecule has 0 spiro atoms. The number of nitrogens with zero attached hydrogens (tertiary/aromatic N) is 2. The topological polar surface area (TPSA) is 38.5 Å². The number of aryl methyl sites for hydroxylation is 1. The molecule has 128 valence electrons. The molecule has 0 aliphatic rings. The van der Waals surface area contributed by atoms with Crippen molar-refractivity contribution in [2.45, 2.75) is 13.8 Å². The maximum atomic E-state index is 5.23. The molecule has 0 fully saturated rings. The standard InChI is InChI=1S/C20H20IN3O/c1-14-12-16(13-22-23-18-6-4-17(21)5-7-18)15(2)24(14)19-8-10-20(25-3)11-9-19/h4-13,23H,1-3H3/b22-13-. The average molecular weight is 445 g/mol. The van der Waals surface area contributed by atoms with E-state index in [0.717, 1.165) is 28.4 Å². The van der Waals surface area contributed by atoms with Gasteiger partial charge in [0.2, 0.25) is 0 Å². The minimum absolute atomic E-state index is 0.856. The van der Waals surface area contributed by atoms with Crippen molar-refractivity contribution < 1.29 is 4.74 Å². The highest BCUT2D eigenvalue weighted by molar-refractivity contribution is 14.1. The van der Waals surface area contributed by atoms with Crippen molar-refractivity contribution in [3.05, 3.63) is 75.1 Å². The van der Waals surface area contributed by atoms with Crippen LogP contribution in [0.15, 0.2) is 59.7 Å². The van der Waals surface area contributed by atoms with Gasteiger partial charge in [-0.2, -0.15) is 5.10 Å². The van der Waals surface area contributed by atoms with E-state index in [1.807, 2.05) is 42.6 Å². The van der Waals surface area contributed by atoms with Crippen LogP contribution in [-0.4, -0.2) is 17.9 Å². The SMILES string of the molecule is COc1ccc(-n2c(C)cc(/C=N\Nc3ccc(I)cc3)c2C)cc1. The number of ether oxygens (including phenoxy) is 1. The smallest absolute Gasteiger partial charge is 0.119 e. The fourth-order valence-electron chi connectivity index (χ4n) is 2.75. The summed E-state index contributed by atoms with van der Waals surface area (Å²) in [6.07, 6.45) is 1.86. The minimum atomic E-state index is 0.856. The quantitative estimate of drug-likeness (QED) is 0.335. The zero-order chi connectivity index (χ0) is 17.8. The maximum Gasteiger partial charge on any atom is 0.119 e. The van der Waals surface area contributed by atoms with Gasteiger partial charge in [0.05, 0.1) is 19.0 Å². The van der Waals surface area contributed by atoms with E-state index >= 15 is 0 Å². The van der Waals surface area contributed by atoms with Gasteiger partial charge in [-0.1, -0.05) is 0 Å². The molecule has 1 N–H and O–H groups in total. The van der Waals surface area contributed by atoms with Crippen molar-refractivity contribution >= 4 is 34.5 Å². The molecule has 3 rings (SSSR count). The Morgan fingerprint density at radius 3 is 2.36 bits per heavy atom. The van der Waals surface area contributed by atoms with Crippen molar-refractivity contribution in [2.75, 3.05) is 12.5 Å². The summed E-state index contributed by atoms with van der Waals surface area (Å²) in [5, 5.41) is 4.37. The van der Waals surface area contributed by atoms with Crippen LogP contribution in [-0.2, 0) is 0 Å². The van der Waals surface area contributed by atoms with Crippen LogP contribution in [0.1, 0.15) is 17.0 Å². The first-order valence-corrected chi connectivity index (χ1v) is 9.04. The Balaban J connectivity index is 1.81. The van der Waals surface area contributed by atoms with E-state index in [1.165, 1.54) is 9.26 Å². The Kier molecular flexibility index (Phi) is 5.43. The predicted molar refractivity (Wildman–Crippen MR) is 112 cm³/mol. The van der Waals surface area contributed by atoms with Crippen LogP contribution >= 0.6 is 22.6 Å². The first-order chi connectivity index (χ1) is 12.1. The summed E-state index contributed by atoms with van der Waals surface area (Å²) in [5.41, 5.74) is 8.56. The van der Waals surface area contributed by atoms with Gasteiger partial charge < -0.3 is 9.30 Å². The number of aromatic nitrogens is 1. The van der Waals surface area contributed by atoms with E-state index in [9.17, 15) is 0 Å². The number of rotatable bonds is 5. The number of nitrogens with one attached hydrogen (secondary N) is 1. The van der Waals surface area contributed by atoms with E-state index in [4.69, 9.17) is 4.74 Å². The summed E-state index contributed by atoms with van der Waals surface area (Å²) >= 11 is 2.29. The summed E-state index contributed by atoms with van der Waals surface area (Å²) < 4.78 is 8.65. The van der Waals surface area contributed by atoms with Crippen LogP contribution < -0.4 is 10.2 Å². The number of hydrogen-bond donors (Lipinski definition) is 1. The molecule has 0 radical (unpaired) electrons. The Labute approximate surface area is 161 Å². The molecule has 0 aliphatic carbocycles. The van der Waals surface area contributed by atoms with Crippen molar-refractivity contribution in [1.82, 2.24) is 4.57 Å². The third kappa shape index (κ3) is 4.04. The molecule has 0 amide bonds. The molecule has 1 heterocycles. The third-order valence-corrected chi connectivity index (χ3v) is 4.76. The van der Waals surface area contributed by atoms with E-state index in [-0.39, 0.29) is 0 Å². The second-order valence-electron chi connectivity index (χ2n) is 5.74. The number of hydrogen-bond acceptors (Lipinski definition) is 3. The van der Waals surface area contributed by atoms with Crippen molar-refractivity contribution in [3.8, 4) is 11.4 Å². The highest BCUT2D eigenvalue weighted by Gasteiger charge is 2.09. The number of hydrazone groups is 1. The zero-order valence-corrected chi connectivity index (χ0v) is 16.6. The summed E-state index contributed by atoms with van der Waals surface area (Å²) in [4.78, 5) is 0. The van der Waals surface area contributed by atoms with Crippen LogP contribution in [0.3, 0.4) is 0 Å². The van der Waals surface area contributed by atoms with Crippen LogP contribution in [0.4, 0.5) is 5.69 Å². The lowest BCUT2D eigenvalue weighted by atomic mass is 10.2. The Hall–Kier alpha value is -2.28. The van der Waals surface area contributed by atoms with E-state index in [1.54, 1.807) is 7.11 Å². The van der Waals surface area contributed by atoms with Gasteiger partial charge in [-0.25, -0.2) is 0 Å². The number of benzene rings is 2. The molecule has 0 atom stereocenters. The van der Waals surface area contributed by atoms with E-state index < -0.39 is 0 Å². The number of halogens is 1. The summed E-state index contributed by atoms with van der Waals surface area (Å²) in [7, 11) is 1.68. The molecule has 1 aromatic heterocycles. The van der Waals surface area contributed by atoms with Crippen LogP contribution in [0.25, 0.3) is 5.69 Å². The van der Waals surface area contributed by atoms with Gasteiger partial charge in [0, 0.05) is 26.2 Å². The van der Waals surface area contributed by atoms with Crippen molar-refractivity contribution in [3.63, 3.8) is 0 Å². The fourth-order valence-corrected chi connectivity index (χ4v) is 3.11. The number of anilines is 1. The van der Waals surface area contributed by atoms with Crippen molar-refractivity contribution in [1.29, 1.82) is 0 Å². The second-order valence-corrected chi connectivity index (χ2v) is 6.98. The van der Waals surface area contributed by atoms with E-state index in [0.29, 0.717) is 0 Å². The molecule has 5 heteroatoms. The van der Waals surface area contributed by atoms with E-state index in [2.05, 4.69) is 69.7 Å². The van der Waals surface area contributed by atoms with Gasteiger partial charge in [-0.05, 0) is 91.0 Å². The van der Waals surface area contributed by atoms with Gasteiger partial charge in [0.15, 0.2) is 0 Å². The molecular weight excluding hydrogens is 425 g/mol. The van der Waals surface area contributed by atoms with Gasteiger partial charge in [-0.3, -0.25) is 5.43 Å². The predicted octanol–water partition coefficient (Wildman–Crippen LogP) is 5.15. The molecule has 0 saturated heterocycles. The first kappa shape index (κ1) is 17.5.